The minimum Gasteiger partial charge on any atom is -0.330 e. The molecule has 4 heteroatoms. The fraction of sp³-hybridized carbons (Fsp3) is 0.500. The first-order chi connectivity index (χ1) is 9.45. The molecule has 1 unspecified atom stereocenters. The zero-order valence-corrected chi connectivity index (χ0v) is 12.7. The summed E-state index contributed by atoms with van der Waals surface area (Å²) in [5.41, 5.74) is 9.66. The van der Waals surface area contributed by atoms with E-state index in [9.17, 15) is 4.79 Å². The minimum atomic E-state index is -0.167. The number of rotatable bonds is 4. The van der Waals surface area contributed by atoms with Gasteiger partial charge in [-0.3, -0.25) is 4.79 Å². The number of hydrazone groups is 1. The largest absolute Gasteiger partial charge is 0.330 e. The Morgan fingerprint density at radius 3 is 2.65 bits per heavy atom. The molecule has 20 heavy (non-hydrogen) atoms. The van der Waals surface area contributed by atoms with Crippen molar-refractivity contribution in [2.45, 2.75) is 34.1 Å². The van der Waals surface area contributed by atoms with Crippen LogP contribution in [0.1, 0.15) is 31.4 Å². The first-order valence-electron chi connectivity index (χ1n) is 7.15. The lowest BCUT2D eigenvalue weighted by atomic mass is 9.92. The third kappa shape index (κ3) is 2.61. The maximum absolute atomic E-state index is 12.6. The Balaban J connectivity index is 2.42. The molecule has 0 aromatic heterocycles. The van der Waals surface area contributed by atoms with E-state index in [1.807, 2.05) is 32.0 Å². The fourth-order valence-electron chi connectivity index (χ4n) is 2.58. The molecule has 0 aliphatic carbocycles. The van der Waals surface area contributed by atoms with Crippen LogP contribution in [0.4, 0.5) is 5.69 Å². The second-order valence-electron chi connectivity index (χ2n) is 5.75. The van der Waals surface area contributed by atoms with Crippen LogP contribution in [0.2, 0.25) is 0 Å². The Labute approximate surface area is 120 Å². The van der Waals surface area contributed by atoms with Crippen LogP contribution < -0.4 is 10.7 Å². The number of benzene rings is 1. The molecule has 2 N–H and O–H groups in total. The summed E-state index contributed by atoms with van der Waals surface area (Å²) >= 11 is 0. The SMILES string of the molecule is Cc1ccc(C)c(N2N=C(C(C)C)C(CCN)C2=O)c1. The standard InChI is InChI=1S/C16H23N3O/c1-10(2)15-13(7-8-17)16(20)19(18-15)14-9-11(3)5-6-12(14)4/h5-6,9-10,13H,7-8,17H2,1-4H3. The molecule has 1 aliphatic rings. The van der Waals surface area contributed by atoms with Crippen LogP contribution >= 0.6 is 0 Å². The number of hydrogen-bond donors (Lipinski definition) is 1. The average Bonchev–Trinajstić information content (AvgIpc) is 2.71. The molecule has 0 bridgehead atoms. The van der Waals surface area contributed by atoms with Gasteiger partial charge in [0, 0.05) is 0 Å². The van der Waals surface area contributed by atoms with Gasteiger partial charge in [-0.2, -0.15) is 10.1 Å². The Kier molecular flexibility index (Phi) is 4.23. The van der Waals surface area contributed by atoms with Gasteiger partial charge in [0.15, 0.2) is 0 Å². The van der Waals surface area contributed by atoms with E-state index in [0.717, 1.165) is 22.5 Å². The van der Waals surface area contributed by atoms with Crippen molar-refractivity contribution in [2.75, 3.05) is 11.6 Å². The zero-order chi connectivity index (χ0) is 14.9. The van der Waals surface area contributed by atoms with Gasteiger partial charge in [-0.1, -0.05) is 26.0 Å². The first-order valence-corrected chi connectivity index (χ1v) is 7.15. The summed E-state index contributed by atoms with van der Waals surface area (Å²) in [6, 6.07) is 6.09. The number of hydrogen-bond acceptors (Lipinski definition) is 3. The lowest BCUT2D eigenvalue weighted by Crippen LogP contribution is -2.30. The average molecular weight is 273 g/mol. The third-order valence-electron chi connectivity index (χ3n) is 3.72. The zero-order valence-electron chi connectivity index (χ0n) is 12.7. The molecule has 0 saturated carbocycles. The molecular formula is C16H23N3O. The molecule has 1 amide bonds. The smallest absolute Gasteiger partial charge is 0.256 e. The summed E-state index contributed by atoms with van der Waals surface area (Å²) in [5, 5.41) is 6.15. The molecule has 1 atom stereocenters. The van der Waals surface area contributed by atoms with Gasteiger partial charge in [0.1, 0.15) is 0 Å². The van der Waals surface area contributed by atoms with Crippen LogP contribution in [0.5, 0.6) is 0 Å². The first kappa shape index (κ1) is 14.7. The van der Waals surface area contributed by atoms with Crippen LogP contribution in [-0.2, 0) is 4.79 Å². The van der Waals surface area contributed by atoms with Crippen LogP contribution in [0.15, 0.2) is 23.3 Å². The van der Waals surface area contributed by atoms with Crippen LogP contribution in [0.25, 0.3) is 0 Å². The van der Waals surface area contributed by atoms with E-state index in [0.29, 0.717) is 13.0 Å². The monoisotopic (exact) mass is 273 g/mol. The molecule has 0 radical (unpaired) electrons. The van der Waals surface area contributed by atoms with Gasteiger partial charge >= 0.3 is 0 Å². The molecule has 4 nitrogen and oxygen atoms in total. The molecule has 1 aliphatic heterocycles. The topological polar surface area (TPSA) is 58.7 Å². The van der Waals surface area contributed by atoms with Gasteiger partial charge in [-0.25, -0.2) is 0 Å². The number of amides is 1. The molecule has 2 rings (SSSR count). The van der Waals surface area contributed by atoms with Crippen molar-refractivity contribution in [3.05, 3.63) is 29.3 Å². The highest BCUT2D eigenvalue weighted by atomic mass is 16.2. The third-order valence-corrected chi connectivity index (χ3v) is 3.72. The van der Waals surface area contributed by atoms with E-state index in [1.54, 1.807) is 5.01 Å². The minimum absolute atomic E-state index is 0.0489. The number of nitrogens with two attached hydrogens (primary N) is 1. The fourth-order valence-corrected chi connectivity index (χ4v) is 2.58. The van der Waals surface area contributed by atoms with Crippen molar-refractivity contribution < 1.29 is 4.79 Å². The highest BCUT2D eigenvalue weighted by Crippen LogP contribution is 2.30. The van der Waals surface area contributed by atoms with Gasteiger partial charge in [-0.05, 0) is 49.9 Å². The van der Waals surface area contributed by atoms with Gasteiger partial charge in [0.05, 0.1) is 17.3 Å². The molecule has 0 saturated heterocycles. The molecule has 108 valence electrons. The Hall–Kier alpha value is -1.68. The normalized spacial score (nSPS) is 18.9. The van der Waals surface area contributed by atoms with Gasteiger partial charge < -0.3 is 5.73 Å². The van der Waals surface area contributed by atoms with Crippen LogP contribution in [-0.4, -0.2) is 18.2 Å². The summed E-state index contributed by atoms with van der Waals surface area (Å²) in [5.74, 6) is 0.137. The molecule has 1 aromatic carbocycles. The molecule has 1 heterocycles. The summed E-state index contributed by atoms with van der Waals surface area (Å²) < 4.78 is 0. The Morgan fingerprint density at radius 1 is 1.35 bits per heavy atom. The lowest BCUT2D eigenvalue weighted by Gasteiger charge is -2.17. The Bertz CT molecular complexity index is 549. The van der Waals surface area contributed by atoms with Crippen LogP contribution in [0, 0.1) is 25.7 Å². The quantitative estimate of drug-likeness (QED) is 0.916. The van der Waals surface area contributed by atoms with Crippen molar-refractivity contribution in [3.8, 4) is 0 Å². The van der Waals surface area contributed by atoms with Crippen molar-refractivity contribution in [3.63, 3.8) is 0 Å². The highest BCUT2D eigenvalue weighted by Gasteiger charge is 2.37. The second kappa shape index (κ2) is 5.75. The van der Waals surface area contributed by atoms with Crippen molar-refractivity contribution in [1.82, 2.24) is 0 Å². The maximum atomic E-state index is 12.6. The van der Waals surface area contributed by atoms with E-state index in [4.69, 9.17) is 5.73 Å². The molecular weight excluding hydrogens is 250 g/mol. The van der Waals surface area contributed by atoms with Crippen LogP contribution in [0.3, 0.4) is 0 Å². The molecule has 1 aromatic rings. The van der Waals surface area contributed by atoms with Crippen molar-refractivity contribution in [1.29, 1.82) is 0 Å². The molecule has 0 fully saturated rings. The number of carbonyl (C=O) groups is 1. The van der Waals surface area contributed by atoms with E-state index in [2.05, 4.69) is 18.9 Å². The summed E-state index contributed by atoms with van der Waals surface area (Å²) in [6.45, 7) is 8.67. The summed E-state index contributed by atoms with van der Waals surface area (Å²) in [4.78, 5) is 12.6. The summed E-state index contributed by atoms with van der Waals surface area (Å²) in [7, 11) is 0. The van der Waals surface area contributed by atoms with Crippen molar-refractivity contribution >= 4 is 17.3 Å². The number of anilines is 1. The Morgan fingerprint density at radius 2 is 2.05 bits per heavy atom. The van der Waals surface area contributed by atoms with Gasteiger partial charge in [0.2, 0.25) is 0 Å². The predicted molar refractivity (Wildman–Crippen MR) is 82.8 cm³/mol. The van der Waals surface area contributed by atoms with E-state index >= 15 is 0 Å². The maximum Gasteiger partial charge on any atom is 0.256 e. The van der Waals surface area contributed by atoms with E-state index in [1.165, 1.54) is 0 Å². The van der Waals surface area contributed by atoms with Gasteiger partial charge in [-0.15, -0.1) is 0 Å². The summed E-state index contributed by atoms with van der Waals surface area (Å²) in [6.07, 6.45) is 0.664. The van der Waals surface area contributed by atoms with E-state index < -0.39 is 0 Å². The predicted octanol–water partition coefficient (Wildman–Crippen LogP) is 2.63. The number of aryl methyl sites for hydroxylation is 2. The van der Waals surface area contributed by atoms with Crippen molar-refractivity contribution in [2.24, 2.45) is 22.7 Å². The number of carbonyl (C=O) groups excluding carboxylic acids is 1. The number of nitrogens with zero attached hydrogens (tertiary/aromatic N) is 2. The van der Waals surface area contributed by atoms with E-state index in [-0.39, 0.29) is 17.7 Å². The lowest BCUT2D eigenvalue weighted by molar-refractivity contribution is -0.119. The van der Waals surface area contributed by atoms with Gasteiger partial charge in [0.25, 0.3) is 5.91 Å². The highest BCUT2D eigenvalue weighted by molar-refractivity contribution is 6.16. The molecule has 0 spiro atoms. The second-order valence-corrected chi connectivity index (χ2v) is 5.75.